The molecule has 3 rings (SSSR count). The SMILES string of the molecule is O=C(NC1CCC2OCCOC2C1)c1cnccn1. The zero-order valence-corrected chi connectivity index (χ0v) is 10.6. The molecule has 0 aromatic carbocycles. The van der Waals surface area contributed by atoms with Crippen molar-refractivity contribution in [3.05, 3.63) is 24.3 Å². The lowest BCUT2D eigenvalue weighted by Gasteiger charge is -2.39. The summed E-state index contributed by atoms with van der Waals surface area (Å²) in [5, 5.41) is 2.99. The normalized spacial score (nSPS) is 30.4. The molecule has 1 aromatic rings. The highest BCUT2D eigenvalue weighted by molar-refractivity contribution is 5.92. The van der Waals surface area contributed by atoms with Crippen LogP contribution in [0.3, 0.4) is 0 Å². The van der Waals surface area contributed by atoms with Crippen molar-refractivity contribution in [1.82, 2.24) is 15.3 Å². The third kappa shape index (κ3) is 2.90. The Morgan fingerprint density at radius 1 is 1.21 bits per heavy atom. The van der Waals surface area contributed by atoms with E-state index >= 15 is 0 Å². The Balaban J connectivity index is 1.57. The van der Waals surface area contributed by atoms with E-state index in [4.69, 9.17) is 9.47 Å². The molecule has 1 aliphatic heterocycles. The molecule has 2 aliphatic rings. The van der Waals surface area contributed by atoms with Gasteiger partial charge in [-0.1, -0.05) is 0 Å². The van der Waals surface area contributed by atoms with E-state index in [2.05, 4.69) is 15.3 Å². The summed E-state index contributed by atoms with van der Waals surface area (Å²) < 4.78 is 11.4. The number of aromatic nitrogens is 2. The zero-order chi connectivity index (χ0) is 13.1. The van der Waals surface area contributed by atoms with Gasteiger partial charge in [0.25, 0.3) is 5.91 Å². The minimum absolute atomic E-state index is 0.106. The summed E-state index contributed by atoms with van der Waals surface area (Å²) in [6.07, 6.45) is 7.48. The molecule has 6 heteroatoms. The standard InChI is InChI=1S/C13H17N3O3/c17-13(10-8-14-3-4-15-10)16-9-1-2-11-12(7-9)19-6-5-18-11/h3-4,8-9,11-12H,1-2,5-7H2,(H,16,17). The van der Waals surface area contributed by atoms with Crippen LogP contribution in [0, 0.1) is 0 Å². The van der Waals surface area contributed by atoms with Gasteiger partial charge in [0.2, 0.25) is 0 Å². The van der Waals surface area contributed by atoms with Crippen molar-refractivity contribution in [2.45, 2.75) is 37.5 Å². The second-order valence-corrected chi connectivity index (χ2v) is 4.89. The summed E-state index contributed by atoms with van der Waals surface area (Å²) in [6.45, 7) is 1.32. The Bertz CT molecular complexity index is 440. The van der Waals surface area contributed by atoms with Gasteiger partial charge >= 0.3 is 0 Å². The van der Waals surface area contributed by atoms with Gasteiger partial charge in [0.1, 0.15) is 5.69 Å². The van der Waals surface area contributed by atoms with Crippen molar-refractivity contribution in [2.75, 3.05) is 13.2 Å². The van der Waals surface area contributed by atoms with E-state index in [1.54, 1.807) is 6.20 Å². The molecule has 1 amide bonds. The Kier molecular flexibility index (Phi) is 3.70. The predicted molar refractivity (Wildman–Crippen MR) is 66.6 cm³/mol. The number of fused-ring (bicyclic) bond motifs is 1. The minimum Gasteiger partial charge on any atom is -0.373 e. The van der Waals surface area contributed by atoms with Gasteiger partial charge in [0, 0.05) is 18.4 Å². The number of rotatable bonds is 2. The van der Waals surface area contributed by atoms with Crippen molar-refractivity contribution in [3.63, 3.8) is 0 Å². The van der Waals surface area contributed by atoms with Gasteiger partial charge in [0.05, 0.1) is 31.6 Å². The first-order chi connectivity index (χ1) is 9.33. The highest BCUT2D eigenvalue weighted by Gasteiger charge is 2.34. The second-order valence-electron chi connectivity index (χ2n) is 4.89. The van der Waals surface area contributed by atoms with E-state index in [0.717, 1.165) is 19.3 Å². The zero-order valence-electron chi connectivity index (χ0n) is 10.6. The van der Waals surface area contributed by atoms with Crippen LogP contribution >= 0.6 is 0 Å². The van der Waals surface area contributed by atoms with E-state index in [0.29, 0.717) is 18.9 Å². The van der Waals surface area contributed by atoms with Gasteiger partial charge in [-0.25, -0.2) is 4.98 Å². The number of amides is 1. The molecule has 19 heavy (non-hydrogen) atoms. The monoisotopic (exact) mass is 263 g/mol. The Morgan fingerprint density at radius 2 is 2.05 bits per heavy atom. The highest BCUT2D eigenvalue weighted by atomic mass is 16.6. The van der Waals surface area contributed by atoms with Crippen LogP contribution in [0.4, 0.5) is 0 Å². The van der Waals surface area contributed by atoms with Crippen LogP contribution in [-0.4, -0.2) is 47.3 Å². The summed E-state index contributed by atoms with van der Waals surface area (Å²) in [7, 11) is 0. The Labute approximate surface area is 111 Å². The lowest BCUT2D eigenvalue weighted by Crippen LogP contribution is -2.49. The number of carbonyl (C=O) groups excluding carboxylic acids is 1. The smallest absolute Gasteiger partial charge is 0.271 e. The van der Waals surface area contributed by atoms with E-state index in [-0.39, 0.29) is 24.2 Å². The molecular formula is C13H17N3O3. The number of hydrogen-bond acceptors (Lipinski definition) is 5. The minimum atomic E-state index is -0.173. The van der Waals surface area contributed by atoms with Crippen molar-refractivity contribution < 1.29 is 14.3 Å². The highest BCUT2D eigenvalue weighted by Crippen LogP contribution is 2.26. The second kappa shape index (κ2) is 5.63. The Hall–Kier alpha value is -1.53. The molecule has 0 radical (unpaired) electrons. The van der Waals surface area contributed by atoms with Crippen molar-refractivity contribution in [3.8, 4) is 0 Å². The third-order valence-electron chi connectivity index (χ3n) is 3.61. The molecule has 1 saturated carbocycles. The summed E-state index contributed by atoms with van der Waals surface area (Å²) in [6, 6.07) is 0.123. The molecule has 3 unspecified atom stereocenters. The van der Waals surface area contributed by atoms with Crippen LogP contribution in [-0.2, 0) is 9.47 Å². The molecule has 102 valence electrons. The van der Waals surface area contributed by atoms with Crippen molar-refractivity contribution in [2.24, 2.45) is 0 Å². The summed E-state index contributed by atoms with van der Waals surface area (Å²) in [5.41, 5.74) is 0.352. The lowest BCUT2D eigenvalue weighted by molar-refractivity contribution is -0.157. The fourth-order valence-electron chi connectivity index (χ4n) is 2.67. The maximum absolute atomic E-state index is 12.0. The van der Waals surface area contributed by atoms with Gasteiger partial charge < -0.3 is 14.8 Å². The van der Waals surface area contributed by atoms with Crippen molar-refractivity contribution >= 4 is 5.91 Å². The molecule has 2 heterocycles. The fraction of sp³-hybridized carbons (Fsp3) is 0.615. The van der Waals surface area contributed by atoms with Crippen LogP contribution < -0.4 is 5.32 Å². The summed E-state index contributed by atoms with van der Waals surface area (Å²) in [5.74, 6) is -0.173. The molecule has 3 atom stereocenters. The molecule has 6 nitrogen and oxygen atoms in total. The van der Waals surface area contributed by atoms with Crippen LogP contribution in [0.5, 0.6) is 0 Å². The number of ether oxygens (including phenoxy) is 2. The van der Waals surface area contributed by atoms with Crippen LogP contribution in [0.15, 0.2) is 18.6 Å². The van der Waals surface area contributed by atoms with Crippen LogP contribution in [0.2, 0.25) is 0 Å². The number of nitrogens with one attached hydrogen (secondary N) is 1. The first-order valence-corrected chi connectivity index (χ1v) is 6.63. The molecule has 0 spiro atoms. The van der Waals surface area contributed by atoms with E-state index in [1.807, 2.05) is 0 Å². The average Bonchev–Trinajstić information content (AvgIpc) is 2.48. The van der Waals surface area contributed by atoms with E-state index in [9.17, 15) is 4.79 Å². The first kappa shape index (κ1) is 12.5. The van der Waals surface area contributed by atoms with E-state index < -0.39 is 0 Å². The van der Waals surface area contributed by atoms with Gasteiger partial charge in [-0.15, -0.1) is 0 Å². The summed E-state index contributed by atoms with van der Waals surface area (Å²) >= 11 is 0. The quantitative estimate of drug-likeness (QED) is 0.843. The average molecular weight is 263 g/mol. The molecule has 1 aliphatic carbocycles. The van der Waals surface area contributed by atoms with Gasteiger partial charge in [-0.3, -0.25) is 9.78 Å². The first-order valence-electron chi connectivity index (χ1n) is 6.63. The molecule has 0 bridgehead atoms. The van der Waals surface area contributed by atoms with Crippen LogP contribution in [0.1, 0.15) is 29.8 Å². The molecular weight excluding hydrogens is 246 g/mol. The topological polar surface area (TPSA) is 73.3 Å². The molecule has 2 fully saturated rings. The van der Waals surface area contributed by atoms with Gasteiger partial charge in [-0.2, -0.15) is 0 Å². The van der Waals surface area contributed by atoms with E-state index in [1.165, 1.54) is 12.4 Å². The fourth-order valence-corrected chi connectivity index (χ4v) is 2.67. The predicted octanol–water partition coefficient (Wildman–Crippen LogP) is 0.543. The van der Waals surface area contributed by atoms with Crippen LogP contribution in [0.25, 0.3) is 0 Å². The van der Waals surface area contributed by atoms with Crippen molar-refractivity contribution in [1.29, 1.82) is 0 Å². The maximum atomic E-state index is 12.0. The number of hydrogen-bond donors (Lipinski definition) is 1. The number of carbonyl (C=O) groups is 1. The molecule has 1 aromatic heterocycles. The number of nitrogens with zero attached hydrogens (tertiary/aromatic N) is 2. The van der Waals surface area contributed by atoms with Gasteiger partial charge in [0.15, 0.2) is 0 Å². The maximum Gasteiger partial charge on any atom is 0.271 e. The largest absolute Gasteiger partial charge is 0.373 e. The summed E-state index contributed by atoms with van der Waals surface area (Å²) in [4.78, 5) is 19.9. The molecule has 1 saturated heterocycles. The Morgan fingerprint density at radius 3 is 2.84 bits per heavy atom. The lowest BCUT2D eigenvalue weighted by atomic mass is 9.89. The third-order valence-corrected chi connectivity index (χ3v) is 3.61. The molecule has 1 N–H and O–H groups in total. The van der Waals surface area contributed by atoms with Gasteiger partial charge in [-0.05, 0) is 19.3 Å².